The highest BCUT2D eigenvalue weighted by Crippen LogP contribution is 2.57. The minimum absolute atomic E-state index is 0.00257. The van der Waals surface area contributed by atoms with Crippen LogP contribution in [0.3, 0.4) is 0 Å². The van der Waals surface area contributed by atoms with Crippen LogP contribution in [0.5, 0.6) is 0 Å². The van der Waals surface area contributed by atoms with Crippen molar-refractivity contribution in [2.75, 3.05) is 0 Å². The maximum atomic E-state index is 12.5. The van der Waals surface area contributed by atoms with Gasteiger partial charge >= 0.3 is 0 Å². The van der Waals surface area contributed by atoms with E-state index in [4.69, 9.17) is 0 Å². The zero-order valence-electron chi connectivity index (χ0n) is 6.85. The van der Waals surface area contributed by atoms with Gasteiger partial charge in [-0.05, 0) is 19.3 Å². The molecular weight excluding hydrogens is 162 g/mol. The van der Waals surface area contributed by atoms with Crippen LogP contribution in [-0.2, 0) is 4.79 Å². The van der Waals surface area contributed by atoms with Gasteiger partial charge in [-0.15, -0.1) is 0 Å². The predicted molar refractivity (Wildman–Crippen MR) is 40.0 cm³/mol. The number of halogens is 2. The number of alkyl halides is 2. The molecule has 1 unspecified atom stereocenters. The monoisotopic (exact) mass is 174 g/mol. The summed E-state index contributed by atoms with van der Waals surface area (Å²) >= 11 is 0. The number of rotatable bonds is 3. The highest BCUT2D eigenvalue weighted by Gasteiger charge is 2.59. The van der Waals surface area contributed by atoms with Crippen LogP contribution in [0.4, 0.5) is 8.78 Å². The zero-order valence-corrected chi connectivity index (χ0v) is 6.85. The average molecular weight is 174 g/mol. The van der Waals surface area contributed by atoms with E-state index >= 15 is 0 Å². The Morgan fingerprint density at radius 2 is 2.00 bits per heavy atom. The van der Waals surface area contributed by atoms with Crippen LogP contribution >= 0.6 is 0 Å². The minimum Gasteiger partial charge on any atom is -0.303 e. The number of carbonyl (C=O) groups is 1. The molecule has 0 heterocycles. The molecule has 0 aromatic rings. The molecule has 0 saturated heterocycles. The van der Waals surface area contributed by atoms with Gasteiger partial charge in [0.05, 0.1) is 0 Å². The first-order valence-corrected chi connectivity index (χ1v) is 4.42. The molecule has 0 spiro atoms. The molecule has 3 heteroatoms. The van der Waals surface area contributed by atoms with E-state index in [1.54, 1.807) is 0 Å². The first-order chi connectivity index (χ1) is 5.58. The largest absolute Gasteiger partial charge is 0.303 e. The van der Waals surface area contributed by atoms with Crippen molar-refractivity contribution in [2.45, 2.75) is 38.0 Å². The van der Waals surface area contributed by atoms with Crippen molar-refractivity contribution in [3.8, 4) is 0 Å². The third-order valence-electron chi connectivity index (χ3n) is 3.21. The lowest BCUT2D eigenvalue weighted by atomic mass is 9.67. The highest BCUT2D eigenvalue weighted by atomic mass is 19.3. The summed E-state index contributed by atoms with van der Waals surface area (Å²) in [6, 6.07) is 0. The highest BCUT2D eigenvalue weighted by molar-refractivity contribution is 5.61. The van der Waals surface area contributed by atoms with Gasteiger partial charge in [-0.3, -0.25) is 0 Å². The third-order valence-corrected chi connectivity index (χ3v) is 3.21. The van der Waals surface area contributed by atoms with Gasteiger partial charge in [0.15, 0.2) is 0 Å². The molecule has 0 aliphatic heterocycles. The number of hydrogen-bond acceptors (Lipinski definition) is 1. The molecule has 0 radical (unpaired) electrons. The van der Waals surface area contributed by atoms with E-state index in [0.29, 0.717) is 6.42 Å². The lowest BCUT2D eigenvalue weighted by Crippen LogP contribution is -2.32. The van der Waals surface area contributed by atoms with Crippen molar-refractivity contribution < 1.29 is 13.6 Å². The van der Waals surface area contributed by atoms with Crippen molar-refractivity contribution in [3.63, 3.8) is 0 Å². The summed E-state index contributed by atoms with van der Waals surface area (Å²) in [6.07, 6.45) is 3.99. The Morgan fingerprint density at radius 1 is 1.42 bits per heavy atom. The molecular formula is C9H12F2O. The van der Waals surface area contributed by atoms with E-state index in [-0.39, 0.29) is 11.8 Å². The van der Waals surface area contributed by atoms with Gasteiger partial charge < -0.3 is 4.79 Å². The fraction of sp³-hybridized carbons (Fsp3) is 0.889. The molecule has 0 aromatic carbocycles. The average Bonchev–Trinajstić information content (AvgIpc) is 2.50. The zero-order chi connectivity index (χ0) is 8.82. The van der Waals surface area contributed by atoms with E-state index in [2.05, 4.69) is 0 Å². The Labute approximate surface area is 70.1 Å². The Balaban J connectivity index is 1.90. The summed E-state index contributed by atoms with van der Waals surface area (Å²) in [5, 5.41) is 0. The standard InChI is InChI=1S/C9H12F2O/c10-9(11)5-7(9)4-8(6-12)2-1-3-8/h6-7H,1-5H2. The second-order valence-corrected chi connectivity index (χ2v) is 4.20. The molecule has 2 aliphatic carbocycles. The molecule has 0 N–H and O–H groups in total. The lowest BCUT2D eigenvalue weighted by molar-refractivity contribution is -0.121. The number of aldehydes is 1. The summed E-state index contributed by atoms with van der Waals surface area (Å²) in [6.45, 7) is 0. The quantitative estimate of drug-likeness (QED) is 0.600. The molecule has 2 aliphatic rings. The summed E-state index contributed by atoms with van der Waals surface area (Å²) in [4.78, 5) is 10.6. The van der Waals surface area contributed by atoms with Crippen LogP contribution < -0.4 is 0 Å². The SMILES string of the molecule is O=CC1(CC2CC2(F)F)CCC1. The van der Waals surface area contributed by atoms with Crippen molar-refractivity contribution in [3.05, 3.63) is 0 Å². The fourth-order valence-electron chi connectivity index (χ4n) is 1.98. The van der Waals surface area contributed by atoms with E-state index in [1.807, 2.05) is 0 Å². The van der Waals surface area contributed by atoms with E-state index in [9.17, 15) is 13.6 Å². The van der Waals surface area contributed by atoms with Crippen molar-refractivity contribution >= 4 is 6.29 Å². The van der Waals surface area contributed by atoms with E-state index in [0.717, 1.165) is 25.5 Å². The normalized spacial score (nSPS) is 35.3. The van der Waals surface area contributed by atoms with Gasteiger partial charge in [-0.2, -0.15) is 0 Å². The van der Waals surface area contributed by atoms with Crippen LogP contribution in [0.25, 0.3) is 0 Å². The molecule has 2 fully saturated rings. The van der Waals surface area contributed by atoms with Crippen LogP contribution in [0, 0.1) is 11.3 Å². The van der Waals surface area contributed by atoms with Crippen molar-refractivity contribution in [1.29, 1.82) is 0 Å². The molecule has 1 nitrogen and oxygen atoms in total. The van der Waals surface area contributed by atoms with Gasteiger partial charge in [-0.1, -0.05) is 6.42 Å². The summed E-state index contributed by atoms with van der Waals surface area (Å²) in [7, 11) is 0. The lowest BCUT2D eigenvalue weighted by Gasteiger charge is -2.36. The summed E-state index contributed by atoms with van der Waals surface area (Å²) in [5.41, 5.74) is -0.357. The Morgan fingerprint density at radius 3 is 2.25 bits per heavy atom. The predicted octanol–water partition coefficient (Wildman–Crippen LogP) is 2.40. The second kappa shape index (κ2) is 2.27. The van der Waals surface area contributed by atoms with E-state index < -0.39 is 11.8 Å². The summed E-state index contributed by atoms with van der Waals surface area (Å²) < 4.78 is 25.0. The molecule has 0 aromatic heterocycles. The van der Waals surface area contributed by atoms with Crippen molar-refractivity contribution in [2.24, 2.45) is 11.3 Å². The second-order valence-electron chi connectivity index (χ2n) is 4.20. The van der Waals surface area contributed by atoms with Gasteiger partial charge in [0.25, 0.3) is 5.92 Å². The maximum absolute atomic E-state index is 12.5. The molecule has 12 heavy (non-hydrogen) atoms. The first kappa shape index (κ1) is 8.14. The first-order valence-electron chi connectivity index (χ1n) is 4.42. The minimum atomic E-state index is -2.45. The summed E-state index contributed by atoms with van der Waals surface area (Å²) in [5.74, 6) is -2.95. The molecule has 1 atom stereocenters. The van der Waals surface area contributed by atoms with Crippen LogP contribution in [-0.4, -0.2) is 12.2 Å². The van der Waals surface area contributed by atoms with Crippen LogP contribution in [0.2, 0.25) is 0 Å². The van der Waals surface area contributed by atoms with Crippen LogP contribution in [0.1, 0.15) is 32.1 Å². The molecule has 0 amide bonds. The van der Waals surface area contributed by atoms with Gasteiger partial charge in [-0.25, -0.2) is 8.78 Å². The van der Waals surface area contributed by atoms with Gasteiger partial charge in [0.1, 0.15) is 6.29 Å². The van der Waals surface area contributed by atoms with Gasteiger partial charge in [0.2, 0.25) is 0 Å². The third kappa shape index (κ3) is 1.15. The topological polar surface area (TPSA) is 17.1 Å². The fourth-order valence-corrected chi connectivity index (χ4v) is 1.98. The van der Waals surface area contributed by atoms with Crippen LogP contribution in [0.15, 0.2) is 0 Å². The Bertz CT molecular complexity index is 209. The number of carbonyl (C=O) groups excluding carboxylic acids is 1. The molecule has 68 valence electrons. The van der Waals surface area contributed by atoms with E-state index in [1.165, 1.54) is 0 Å². The smallest absolute Gasteiger partial charge is 0.251 e. The molecule has 2 rings (SSSR count). The number of hydrogen-bond donors (Lipinski definition) is 0. The Kier molecular flexibility index (Phi) is 1.54. The maximum Gasteiger partial charge on any atom is 0.251 e. The molecule has 2 saturated carbocycles. The molecule has 0 bridgehead atoms. The van der Waals surface area contributed by atoms with Gasteiger partial charge in [0, 0.05) is 17.8 Å². The Hall–Kier alpha value is -0.470. The van der Waals surface area contributed by atoms with Crippen molar-refractivity contribution in [1.82, 2.24) is 0 Å².